The Morgan fingerprint density at radius 2 is 1.67 bits per heavy atom. The van der Waals surface area contributed by atoms with Crippen LogP contribution in [0.25, 0.3) is 10.6 Å². The smallest absolute Gasteiger partial charge is 0.416 e. The SMILES string of the molecule is CCOC(=O)C(C)(C)Oc1ccc(SCc2sc(-c3ccc(C(F)(F)F)cc3)nc2CN2CCN(C(=O)O)CC2)cc1. The summed E-state index contributed by atoms with van der Waals surface area (Å²) in [5, 5.41) is 9.88. The first kappa shape index (κ1) is 31.6. The second-order valence-electron chi connectivity index (χ2n) is 10.1. The molecule has 0 bridgehead atoms. The number of nitrogens with zero attached hydrogens (tertiary/aromatic N) is 3. The van der Waals surface area contributed by atoms with E-state index in [0.29, 0.717) is 54.8 Å². The van der Waals surface area contributed by atoms with E-state index in [4.69, 9.17) is 14.5 Å². The maximum absolute atomic E-state index is 13.1. The van der Waals surface area contributed by atoms with Gasteiger partial charge in [-0.15, -0.1) is 23.1 Å². The van der Waals surface area contributed by atoms with Crippen molar-refractivity contribution >= 4 is 35.2 Å². The number of rotatable bonds is 10. The fourth-order valence-corrected chi connectivity index (χ4v) is 6.32. The molecule has 1 amide bonds. The molecule has 0 radical (unpaired) electrons. The van der Waals surface area contributed by atoms with E-state index in [1.165, 1.54) is 28.4 Å². The Bertz CT molecular complexity index is 1370. The second kappa shape index (κ2) is 13.3. The molecule has 0 spiro atoms. The number of aromatic nitrogens is 1. The van der Waals surface area contributed by atoms with Crippen LogP contribution in [0.15, 0.2) is 53.4 Å². The zero-order chi connectivity index (χ0) is 30.5. The lowest BCUT2D eigenvalue weighted by molar-refractivity contribution is -0.158. The highest BCUT2D eigenvalue weighted by atomic mass is 32.2. The molecule has 1 saturated heterocycles. The van der Waals surface area contributed by atoms with Gasteiger partial charge in [-0.1, -0.05) is 12.1 Å². The van der Waals surface area contributed by atoms with Crippen molar-refractivity contribution in [2.45, 2.75) is 49.7 Å². The van der Waals surface area contributed by atoms with Crippen LogP contribution in [0.3, 0.4) is 0 Å². The maximum atomic E-state index is 13.1. The molecule has 0 atom stereocenters. The lowest BCUT2D eigenvalue weighted by Crippen LogP contribution is -2.47. The number of amides is 1. The highest BCUT2D eigenvalue weighted by molar-refractivity contribution is 7.98. The van der Waals surface area contributed by atoms with Gasteiger partial charge in [0.05, 0.1) is 17.9 Å². The van der Waals surface area contributed by atoms with Gasteiger partial charge in [-0.25, -0.2) is 14.6 Å². The van der Waals surface area contributed by atoms with Gasteiger partial charge in [0.25, 0.3) is 0 Å². The van der Waals surface area contributed by atoms with Gasteiger partial charge >= 0.3 is 18.2 Å². The van der Waals surface area contributed by atoms with Crippen LogP contribution in [0.4, 0.5) is 18.0 Å². The summed E-state index contributed by atoms with van der Waals surface area (Å²) in [5.41, 5.74) is -0.422. The van der Waals surface area contributed by atoms with E-state index in [9.17, 15) is 27.9 Å². The minimum absolute atomic E-state index is 0.264. The van der Waals surface area contributed by atoms with E-state index >= 15 is 0 Å². The molecule has 1 N–H and O–H groups in total. The van der Waals surface area contributed by atoms with E-state index in [2.05, 4.69) is 4.90 Å². The first-order valence-corrected chi connectivity index (χ1v) is 15.1. The second-order valence-corrected chi connectivity index (χ2v) is 12.2. The highest BCUT2D eigenvalue weighted by Gasteiger charge is 2.32. The summed E-state index contributed by atoms with van der Waals surface area (Å²) in [5.74, 6) is 0.660. The molecule has 8 nitrogen and oxygen atoms in total. The van der Waals surface area contributed by atoms with E-state index in [0.717, 1.165) is 27.6 Å². The topological polar surface area (TPSA) is 92.2 Å². The van der Waals surface area contributed by atoms with E-state index < -0.39 is 29.4 Å². The third kappa shape index (κ3) is 8.17. The standard InChI is InChI=1S/C29H32F3N3O5S2/c1-4-39-26(36)28(2,3)40-21-9-11-22(12-10-21)41-18-24-23(17-34-13-15-35(16-14-34)27(37)38)33-25(42-24)19-5-7-20(8-6-19)29(30,31)32/h5-12H,4,13-18H2,1-3H3,(H,37,38). The summed E-state index contributed by atoms with van der Waals surface area (Å²) in [6.45, 7) is 7.73. The number of carbonyl (C=O) groups excluding carboxylic acids is 1. The molecule has 2 heterocycles. The molecule has 0 aliphatic carbocycles. The van der Waals surface area contributed by atoms with Gasteiger partial charge in [0.2, 0.25) is 0 Å². The molecule has 42 heavy (non-hydrogen) atoms. The fraction of sp³-hybridized carbons (Fsp3) is 0.414. The van der Waals surface area contributed by atoms with Gasteiger partial charge in [0.15, 0.2) is 5.60 Å². The summed E-state index contributed by atoms with van der Waals surface area (Å²) in [4.78, 5) is 33.7. The first-order chi connectivity index (χ1) is 19.9. The Balaban J connectivity index is 1.49. The van der Waals surface area contributed by atoms with Gasteiger partial charge < -0.3 is 19.5 Å². The van der Waals surface area contributed by atoms with Crippen molar-refractivity contribution in [1.29, 1.82) is 0 Å². The number of thiazole rings is 1. The summed E-state index contributed by atoms with van der Waals surface area (Å²) in [6.07, 6.45) is -5.35. The quantitative estimate of drug-likeness (QED) is 0.199. The maximum Gasteiger partial charge on any atom is 0.416 e. The van der Waals surface area contributed by atoms with E-state index in [1.54, 1.807) is 44.7 Å². The Morgan fingerprint density at radius 3 is 2.24 bits per heavy atom. The van der Waals surface area contributed by atoms with Gasteiger partial charge in [-0.3, -0.25) is 4.90 Å². The molecule has 1 aliphatic heterocycles. The van der Waals surface area contributed by atoms with Crippen molar-refractivity contribution < 1.29 is 37.3 Å². The third-order valence-corrected chi connectivity index (χ3v) is 8.96. The Morgan fingerprint density at radius 1 is 1.02 bits per heavy atom. The summed E-state index contributed by atoms with van der Waals surface area (Å²) >= 11 is 3.02. The van der Waals surface area contributed by atoms with Crippen LogP contribution in [-0.2, 0) is 28.0 Å². The largest absolute Gasteiger partial charge is 0.476 e. The zero-order valence-electron chi connectivity index (χ0n) is 23.4. The average Bonchev–Trinajstić information content (AvgIpc) is 3.35. The number of hydrogen-bond donors (Lipinski definition) is 1. The van der Waals surface area contributed by atoms with Gasteiger partial charge in [0, 0.05) is 53.8 Å². The molecule has 3 aromatic rings. The summed E-state index contributed by atoms with van der Waals surface area (Å²) < 4.78 is 50.1. The van der Waals surface area contributed by atoms with Crippen molar-refractivity contribution in [3.8, 4) is 16.3 Å². The number of carboxylic acid groups (broad SMARTS) is 1. The number of hydrogen-bond acceptors (Lipinski definition) is 8. The molecule has 226 valence electrons. The molecular formula is C29H32F3N3O5S2. The van der Waals surface area contributed by atoms with Crippen molar-refractivity contribution in [3.63, 3.8) is 0 Å². The molecule has 2 aromatic carbocycles. The minimum atomic E-state index is -4.42. The summed E-state index contributed by atoms with van der Waals surface area (Å²) in [7, 11) is 0. The van der Waals surface area contributed by atoms with Crippen molar-refractivity contribution in [2.75, 3.05) is 32.8 Å². The number of alkyl halides is 3. The van der Waals surface area contributed by atoms with E-state index in [-0.39, 0.29) is 6.61 Å². The van der Waals surface area contributed by atoms with Gasteiger partial charge in [-0.05, 0) is 57.2 Å². The molecule has 4 rings (SSSR count). The fourth-order valence-electron chi connectivity index (χ4n) is 4.25. The van der Waals surface area contributed by atoms with Gasteiger partial charge in [-0.2, -0.15) is 13.2 Å². The number of carbonyl (C=O) groups is 2. The number of benzene rings is 2. The van der Waals surface area contributed by atoms with E-state index in [1.807, 2.05) is 12.1 Å². The normalized spacial score (nSPS) is 14.6. The zero-order valence-corrected chi connectivity index (χ0v) is 25.1. The van der Waals surface area contributed by atoms with Crippen LogP contribution in [0, 0.1) is 0 Å². The Labute approximate surface area is 250 Å². The molecule has 1 aromatic heterocycles. The van der Waals surface area contributed by atoms with Crippen LogP contribution in [0.1, 0.15) is 36.9 Å². The number of piperazine rings is 1. The van der Waals surface area contributed by atoms with Crippen LogP contribution < -0.4 is 4.74 Å². The van der Waals surface area contributed by atoms with Crippen LogP contribution in [0.5, 0.6) is 5.75 Å². The minimum Gasteiger partial charge on any atom is -0.476 e. The number of ether oxygens (including phenoxy) is 2. The average molecular weight is 624 g/mol. The lowest BCUT2D eigenvalue weighted by Gasteiger charge is -2.32. The monoisotopic (exact) mass is 623 g/mol. The molecule has 13 heteroatoms. The number of esters is 1. The molecule has 0 unspecified atom stereocenters. The molecule has 0 saturated carbocycles. The van der Waals surface area contributed by atoms with Crippen molar-refractivity contribution in [3.05, 3.63) is 64.7 Å². The Kier molecular flexibility index (Phi) is 10.1. The molecule has 1 aliphatic rings. The Hall–Kier alpha value is -3.29. The highest BCUT2D eigenvalue weighted by Crippen LogP contribution is 2.36. The predicted molar refractivity (Wildman–Crippen MR) is 155 cm³/mol. The number of thioether (sulfide) groups is 1. The van der Waals surface area contributed by atoms with Crippen LogP contribution >= 0.6 is 23.1 Å². The van der Waals surface area contributed by atoms with Crippen molar-refractivity contribution in [2.24, 2.45) is 0 Å². The number of halogens is 3. The van der Waals surface area contributed by atoms with Gasteiger partial charge in [0.1, 0.15) is 10.8 Å². The molecule has 1 fully saturated rings. The summed E-state index contributed by atoms with van der Waals surface area (Å²) in [6, 6.07) is 12.3. The first-order valence-electron chi connectivity index (χ1n) is 13.3. The molecular weight excluding hydrogens is 591 g/mol. The van der Waals surface area contributed by atoms with Crippen LogP contribution in [-0.4, -0.2) is 70.3 Å². The third-order valence-electron chi connectivity index (χ3n) is 6.59. The lowest BCUT2D eigenvalue weighted by atomic mass is 10.1. The van der Waals surface area contributed by atoms with Crippen molar-refractivity contribution in [1.82, 2.24) is 14.8 Å². The predicted octanol–water partition coefficient (Wildman–Crippen LogP) is 6.64. The van der Waals surface area contributed by atoms with Crippen LogP contribution in [0.2, 0.25) is 0 Å².